The molecular formula is C48H62N8O6. The van der Waals surface area contributed by atoms with Crippen LogP contribution in [-0.4, -0.2) is 87.6 Å². The van der Waals surface area contributed by atoms with Crippen LogP contribution in [0.3, 0.4) is 0 Å². The first-order valence-corrected chi connectivity index (χ1v) is 21.1. The van der Waals surface area contributed by atoms with Crippen LogP contribution in [0, 0.1) is 11.8 Å². The molecule has 5 rings (SSSR count). The Bertz CT molecular complexity index is 2220. The Kier molecular flexibility index (Phi) is 21.0. The predicted octanol–water partition coefficient (Wildman–Crippen LogP) is 8.88. The molecule has 0 saturated heterocycles. The van der Waals surface area contributed by atoms with Crippen molar-refractivity contribution in [1.82, 2.24) is 40.4 Å². The second-order valence-electron chi connectivity index (χ2n) is 13.8. The number of rotatable bonds is 16. The molecule has 14 heteroatoms. The summed E-state index contributed by atoms with van der Waals surface area (Å²) in [4.78, 5) is 69.4. The monoisotopic (exact) mass is 846 g/mol. The van der Waals surface area contributed by atoms with E-state index in [4.69, 9.17) is 4.74 Å². The number of ether oxygens (including phenoxy) is 2. The van der Waals surface area contributed by atoms with Crippen molar-refractivity contribution in [1.29, 1.82) is 0 Å². The molecule has 14 nitrogen and oxygen atoms in total. The molecule has 0 unspecified atom stereocenters. The van der Waals surface area contributed by atoms with Gasteiger partial charge in [-0.15, -0.1) is 5.92 Å². The molecule has 0 radical (unpaired) electrons. The van der Waals surface area contributed by atoms with Crippen LogP contribution < -0.4 is 10.6 Å². The van der Waals surface area contributed by atoms with Gasteiger partial charge < -0.3 is 39.9 Å². The number of aromatic amines is 2. The number of carbonyl (C=O) groups is 4. The zero-order valence-corrected chi connectivity index (χ0v) is 37.6. The standard InChI is InChI=1S/C43H48N8O6.C3H8.C2H6/c1-6-12-32-23-33(36-25-45-37(48-36)27-50(21-7-2)39(52)26-46-42(54)56-4)19-20-34(32)29-15-17-30(18-16-29)35-24-44-38(47-35)28-51(22-8-3)41(53)40(49-43(55)57-5)31-13-10-9-11-14-31;1-3-2;1-2/h9-11,13-20,23-25,40H,7-8,21-22,26-28H2,1-5H3,(H,44,47)(H,45,48)(H,46,54)(H,49,55);3H2,1-2H3;1-2H3/t40-;;/m1../s1. The van der Waals surface area contributed by atoms with E-state index in [1.54, 1.807) is 41.2 Å². The van der Waals surface area contributed by atoms with Crippen LogP contribution in [0.4, 0.5) is 9.59 Å². The molecule has 0 bridgehead atoms. The highest BCUT2D eigenvalue weighted by molar-refractivity contribution is 5.87. The average Bonchev–Trinajstić information content (AvgIpc) is 3.98. The largest absolute Gasteiger partial charge is 0.453 e. The van der Waals surface area contributed by atoms with Gasteiger partial charge in [-0.2, -0.15) is 0 Å². The van der Waals surface area contributed by atoms with Gasteiger partial charge in [0.2, 0.25) is 11.8 Å². The highest BCUT2D eigenvalue weighted by Gasteiger charge is 2.28. The smallest absolute Gasteiger partial charge is 0.407 e. The molecule has 2 aromatic heterocycles. The van der Waals surface area contributed by atoms with Crippen molar-refractivity contribution < 1.29 is 28.7 Å². The normalized spacial score (nSPS) is 10.6. The fraction of sp³-hybridized carbons (Fsp3) is 0.375. The van der Waals surface area contributed by atoms with E-state index < -0.39 is 18.2 Å². The summed E-state index contributed by atoms with van der Waals surface area (Å²) in [5, 5.41) is 5.12. The van der Waals surface area contributed by atoms with Crippen molar-refractivity contribution in [2.24, 2.45) is 0 Å². The van der Waals surface area contributed by atoms with Gasteiger partial charge in [0.05, 0.1) is 51.1 Å². The summed E-state index contributed by atoms with van der Waals surface area (Å²) in [6.07, 6.45) is 4.84. The molecule has 4 N–H and O–H groups in total. The summed E-state index contributed by atoms with van der Waals surface area (Å²) in [5.74, 6) is 6.99. The van der Waals surface area contributed by atoms with Crippen LogP contribution in [0.1, 0.15) is 96.5 Å². The van der Waals surface area contributed by atoms with E-state index in [-0.39, 0.29) is 31.4 Å². The summed E-state index contributed by atoms with van der Waals surface area (Å²) in [6, 6.07) is 22.3. The molecule has 1 atom stereocenters. The van der Waals surface area contributed by atoms with E-state index in [0.717, 1.165) is 45.6 Å². The Balaban J connectivity index is 0.00000196. The number of H-pyrrole nitrogens is 2. The number of amides is 4. The molecule has 5 aromatic rings. The molecule has 0 aliphatic carbocycles. The SMILES string of the molecule is CC.CC#Cc1cc(-c2cnc(CN(CCC)C(=O)CNC(=O)OC)[nH]2)ccc1-c1ccc(-c2cnc(CN(CCC)C(=O)[C@H](NC(=O)OC)c3ccccc3)[nH]2)cc1.CCC. The van der Waals surface area contributed by atoms with E-state index in [0.29, 0.717) is 36.7 Å². The third-order valence-electron chi connectivity index (χ3n) is 9.08. The molecular weight excluding hydrogens is 785 g/mol. The van der Waals surface area contributed by atoms with E-state index in [9.17, 15) is 19.2 Å². The number of nitrogens with zero attached hydrogens (tertiary/aromatic N) is 4. The van der Waals surface area contributed by atoms with Crippen LogP contribution in [-0.2, 0) is 32.2 Å². The number of hydrogen-bond acceptors (Lipinski definition) is 8. The molecule has 0 aliphatic rings. The van der Waals surface area contributed by atoms with Gasteiger partial charge in [-0.1, -0.05) is 121 Å². The third-order valence-corrected chi connectivity index (χ3v) is 9.08. The van der Waals surface area contributed by atoms with Gasteiger partial charge in [0.15, 0.2) is 0 Å². The molecule has 3 aromatic carbocycles. The minimum atomic E-state index is -0.914. The van der Waals surface area contributed by atoms with Crippen LogP contribution in [0.15, 0.2) is 85.2 Å². The van der Waals surface area contributed by atoms with E-state index in [2.05, 4.69) is 61.0 Å². The van der Waals surface area contributed by atoms with Gasteiger partial charge >= 0.3 is 12.2 Å². The number of benzene rings is 3. The summed E-state index contributed by atoms with van der Waals surface area (Å²) >= 11 is 0. The molecule has 0 saturated carbocycles. The minimum Gasteiger partial charge on any atom is -0.453 e. The number of hydrogen-bond donors (Lipinski definition) is 4. The van der Waals surface area contributed by atoms with Crippen molar-refractivity contribution in [3.05, 3.63) is 108 Å². The van der Waals surface area contributed by atoms with Crippen molar-refractivity contribution >= 4 is 24.0 Å². The number of methoxy groups -OCH3 is 2. The Morgan fingerprint density at radius 2 is 1.26 bits per heavy atom. The molecule has 330 valence electrons. The first-order chi connectivity index (χ1) is 30.1. The van der Waals surface area contributed by atoms with Crippen LogP contribution in [0.25, 0.3) is 33.6 Å². The maximum Gasteiger partial charge on any atom is 0.407 e. The van der Waals surface area contributed by atoms with Crippen molar-refractivity contribution in [2.45, 2.75) is 86.9 Å². The van der Waals surface area contributed by atoms with Gasteiger partial charge in [0.1, 0.15) is 24.2 Å². The van der Waals surface area contributed by atoms with Gasteiger partial charge in [0.25, 0.3) is 0 Å². The zero-order valence-electron chi connectivity index (χ0n) is 37.6. The minimum absolute atomic E-state index is 0.167. The number of nitrogens with one attached hydrogen (secondary N) is 4. The lowest BCUT2D eigenvalue weighted by Gasteiger charge is -2.27. The van der Waals surface area contributed by atoms with Gasteiger partial charge in [-0.05, 0) is 48.1 Å². The zero-order chi connectivity index (χ0) is 45.4. The van der Waals surface area contributed by atoms with Crippen LogP contribution in [0.5, 0.6) is 0 Å². The van der Waals surface area contributed by atoms with Crippen molar-refractivity contribution in [3.63, 3.8) is 0 Å². The fourth-order valence-electron chi connectivity index (χ4n) is 6.29. The number of alkyl carbamates (subject to hydrolysis) is 2. The molecule has 62 heavy (non-hydrogen) atoms. The molecule has 4 amide bonds. The van der Waals surface area contributed by atoms with E-state index in [1.165, 1.54) is 20.6 Å². The van der Waals surface area contributed by atoms with Crippen molar-refractivity contribution in [3.8, 4) is 45.5 Å². The summed E-state index contributed by atoms with van der Waals surface area (Å²) in [5.41, 5.74) is 6.83. The summed E-state index contributed by atoms with van der Waals surface area (Å²) < 4.78 is 9.38. The Morgan fingerprint density at radius 3 is 1.82 bits per heavy atom. The molecule has 0 fully saturated rings. The molecule has 0 aliphatic heterocycles. The van der Waals surface area contributed by atoms with Crippen LogP contribution >= 0.6 is 0 Å². The van der Waals surface area contributed by atoms with E-state index >= 15 is 0 Å². The maximum absolute atomic E-state index is 13.8. The fourth-order valence-corrected chi connectivity index (χ4v) is 6.29. The number of imidazole rings is 2. The van der Waals surface area contributed by atoms with Gasteiger partial charge in [0, 0.05) is 24.2 Å². The Morgan fingerprint density at radius 1 is 0.726 bits per heavy atom. The second kappa shape index (κ2) is 26.4. The lowest BCUT2D eigenvalue weighted by molar-refractivity contribution is -0.134. The quantitative estimate of drug-likeness (QED) is 0.0713. The van der Waals surface area contributed by atoms with Gasteiger partial charge in [-0.25, -0.2) is 19.6 Å². The lowest BCUT2D eigenvalue weighted by atomic mass is 9.96. The lowest BCUT2D eigenvalue weighted by Crippen LogP contribution is -2.43. The molecule has 0 spiro atoms. The van der Waals surface area contributed by atoms with Crippen LogP contribution in [0.2, 0.25) is 0 Å². The maximum atomic E-state index is 13.8. The summed E-state index contributed by atoms with van der Waals surface area (Å²) in [7, 11) is 2.52. The highest BCUT2D eigenvalue weighted by atomic mass is 16.5. The van der Waals surface area contributed by atoms with Gasteiger partial charge in [-0.3, -0.25) is 9.59 Å². The average molecular weight is 847 g/mol. The molecule has 2 heterocycles. The predicted molar refractivity (Wildman–Crippen MR) is 243 cm³/mol. The Labute approximate surface area is 366 Å². The number of carbonyl (C=O) groups excluding carboxylic acids is 4. The third kappa shape index (κ3) is 14.4. The van der Waals surface area contributed by atoms with E-state index in [1.807, 2.05) is 88.4 Å². The number of aromatic nitrogens is 4. The first kappa shape index (κ1) is 49.5. The first-order valence-electron chi connectivity index (χ1n) is 21.1. The van der Waals surface area contributed by atoms with Crippen molar-refractivity contribution in [2.75, 3.05) is 33.9 Å². The second-order valence-corrected chi connectivity index (χ2v) is 13.8. The topological polar surface area (TPSA) is 175 Å². The highest BCUT2D eigenvalue weighted by Crippen LogP contribution is 2.30. The Hall–Kier alpha value is -6.88. The summed E-state index contributed by atoms with van der Waals surface area (Å²) in [6.45, 7) is 15.3.